The Morgan fingerprint density at radius 3 is 2.68 bits per heavy atom. The largest absolute Gasteiger partial charge is 0.493 e. The minimum Gasteiger partial charge on any atom is -0.493 e. The van der Waals surface area contributed by atoms with Crippen molar-refractivity contribution in [3.63, 3.8) is 0 Å². The van der Waals surface area contributed by atoms with E-state index in [1.165, 1.54) is 12.1 Å². The molecular formula is C14H14N2O3. The van der Waals surface area contributed by atoms with Crippen LogP contribution in [0.25, 0.3) is 0 Å². The summed E-state index contributed by atoms with van der Waals surface area (Å²) >= 11 is 0. The van der Waals surface area contributed by atoms with Crippen LogP contribution in [0.4, 0.5) is 5.69 Å². The molecule has 0 saturated heterocycles. The smallest absolute Gasteiger partial charge is 0.337 e. The number of carbonyl (C=O) groups is 1. The molecule has 2 aromatic rings. The van der Waals surface area contributed by atoms with E-state index in [-0.39, 0.29) is 11.3 Å². The molecule has 5 nitrogen and oxygen atoms in total. The van der Waals surface area contributed by atoms with E-state index >= 15 is 0 Å². The third-order valence-corrected chi connectivity index (χ3v) is 2.66. The van der Waals surface area contributed by atoms with Crippen molar-refractivity contribution >= 4 is 11.7 Å². The highest BCUT2D eigenvalue weighted by Crippen LogP contribution is 2.19. The van der Waals surface area contributed by atoms with E-state index in [0.717, 1.165) is 12.0 Å². The molecule has 1 aromatic carbocycles. The van der Waals surface area contributed by atoms with Crippen LogP contribution in [0.5, 0.6) is 5.75 Å². The molecule has 0 aliphatic carbocycles. The number of nitrogens with zero attached hydrogens (tertiary/aromatic N) is 1. The molecule has 0 radical (unpaired) electrons. The lowest BCUT2D eigenvalue weighted by Crippen LogP contribution is -2.05. The molecule has 98 valence electrons. The summed E-state index contributed by atoms with van der Waals surface area (Å²) in [5, 5.41) is 8.95. The van der Waals surface area contributed by atoms with Gasteiger partial charge in [0.15, 0.2) is 0 Å². The van der Waals surface area contributed by atoms with Crippen LogP contribution in [0.15, 0.2) is 42.7 Å². The number of ether oxygens (including phenoxy) is 1. The van der Waals surface area contributed by atoms with Crippen molar-refractivity contribution in [2.45, 2.75) is 6.42 Å². The summed E-state index contributed by atoms with van der Waals surface area (Å²) in [5.41, 5.74) is 6.97. The lowest BCUT2D eigenvalue weighted by Gasteiger charge is -2.08. The normalized spacial score (nSPS) is 10.1. The van der Waals surface area contributed by atoms with Gasteiger partial charge in [0.1, 0.15) is 5.75 Å². The van der Waals surface area contributed by atoms with Crippen LogP contribution in [-0.4, -0.2) is 22.7 Å². The maximum absolute atomic E-state index is 10.9. The van der Waals surface area contributed by atoms with Gasteiger partial charge in [0.2, 0.25) is 0 Å². The number of nitrogen functional groups attached to an aromatic ring is 1. The average Bonchev–Trinajstić information content (AvgIpc) is 2.41. The molecule has 0 amide bonds. The molecule has 0 fully saturated rings. The van der Waals surface area contributed by atoms with Crippen molar-refractivity contribution < 1.29 is 14.6 Å². The topological polar surface area (TPSA) is 85.4 Å². The van der Waals surface area contributed by atoms with Crippen molar-refractivity contribution in [2.75, 3.05) is 12.3 Å². The number of hydrogen-bond acceptors (Lipinski definition) is 4. The maximum atomic E-state index is 10.9. The summed E-state index contributed by atoms with van der Waals surface area (Å²) in [4.78, 5) is 14.9. The van der Waals surface area contributed by atoms with Crippen LogP contribution in [0.3, 0.4) is 0 Å². The van der Waals surface area contributed by atoms with Crippen LogP contribution >= 0.6 is 0 Å². The quantitative estimate of drug-likeness (QED) is 0.801. The van der Waals surface area contributed by atoms with Gasteiger partial charge in [-0.05, 0) is 35.9 Å². The Bertz CT molecular complexity index is 570. The van der Waals surface area contributed by atoms with E-state index in [1.807, 2.05) is 12.1 Å². The fourth-order valence-corrected chi connectivity index (χ4v) is 1.65. The SMILES string of the molecule is Nc1ccc(OCCc2ccncc2)cc1C(=O)O. The molecule has 19 heavy (non-hydrogen) atoms. The van der Waals surface area contributed by atoms with Crippen LogP contribution < -0.4 is 10.5 Å². The fourth-order valence-electron chi connectivity index (χ4n) is 1.65. The second-order valence-electron chi connectivity index (χ2n) is 4.01. The molecule has 0 aliphatic heterocycles. The molecule has 3 N–H and O–H groups in total. The predicted octanol–water partition coefficient (Wildman–Crippen LogP) is 1.98. The second-order valence-corrected chi connectivity index (χ2v) is 4.01. The zero-order valence-corrected chi connectivity index (χ0v) is 10.2. The van der Waals surface area contributed by atoms with Crippen LogP contribution in [-0.2, 0) is 6.42 Å². The van der Waals surface area contributed by atoms with E-state index in [2.05, 4.69) is 4.98 Å². The van der Waals surface area contributed by atoms with Gasteiger partial charge in [-0.25, -0.2) is 4.79 Å². The first-order valence-corrected chi connectivity index (χ1v) is 5.81. The molecule has 1 heterocycles. The summed E-state index contributed by atoms with van der Waals surface area (Å²) in [5.74, 6) is -0.558. The lowest BCUT2D eigenvalue weighted by molar-refractivity contribution is 0.0697. The molecule has 0 atom stereocenters. The van der Waals surface area contributed by atoms with Gasteiger partial charge in [-0.1, -0.05) is 0 Å². The minimum absolute atomic E-state index is 0.0569. The molecule has 0 spiro atoms. The average molecular weight is 258 g/mol. The fraction of sp³-hybridized carbons (Fsp3) is 0.143. The highest BCUT2D eigenvalue weighted by molar-refractivity contribution is 5.94. The van der Waals surface area contributed by atoms with E-state index in [0.29, 0.717) is 12.4 Å². The van der Waals surface area contributed by atoms with Crippen LogP contribution in [0.2, 0.25) is 0 Å². The highest BCUT2D eigenvalue weighted by atomic mass is 16.5. The van der Waals surface area contributed by atoms with Gasteiger partial charge in [-0.3, -0.25) is 4.98 Å². The van der Waals surface area contributed by atoms with E-state index in [4.69, 9.17) is 15.6 Å². The summed E-state index contributed by atoms with van der Waals surface area (Å²) in [7, 11) is 0. The first-order chi connectivity index (χ1) is 9.16. The van der Waals surface area contributed by atoms with Crippen molar-refractivity contribution in [1.29, 1.82) is 0 Å². The number of rotatable bonds is 5. The minimum atomic E-state index is -1.06. The summed E-state index contributed by atoms with van der Waals surface area (Å²) in [6, 6.07) is 8.45. The van der Waals surface area contributed by atoms with E-state index in [9.17, 15) is 4.79 Å². The van der Waals surface area contributed by atoms with Crippen molar-refractivity contribution in [3.8, 4) is 5.75 Å². The number of aromatic carboxylic acids is 1. The molecular weight excluding hydrogens is 244 g/mol. The number of pyridine rings is 1. The van der Waals surface area contributed by atoms with Crippen molar-refractivity contribution in [2.24, 2.45) is 0 Å². The molecule has 0 bridgehead atoms. The standard InChI is InChI=1S/C14H14N2O3/c15-13-2-1-11(9-12(13)14(17)18)19-8-5-10-3-6-16-7-4-10/h1-4,6-7,9H,5,8,15H2,(H,17,18). The first kappa shape index (κ1) is 12.9. The lowest BCUT2D eigenvalue weighted by atomic mass is 10.1. The third kappa shape index (κ3) is 3.45. The van der Waals surface area contributed by atoms with Crippen LogP contribution in [0.1, 0.15) is 15.9 Å². The number of aromatic nitrogens is 1. The molecule has 0 aliphatic rings. The molecule has 2 rings (SSSR count). The number of benzene rings is 1. The molecule has 1 aromatic heterocycles. The number of carboxylic acids is 1. The first-order valence-electron chi connectivity index (χ1n) is 5.81. The molecule has 0 saturated carbocycles. The van der Waals surface area contributed by atoms with Crippen molar-refractivity contribution in [3.05, 3.63) is 53.9 Å². The Morgan fingerprint density at radius 1 is 1.26 bits per heavy atom. The Morgan fingerprint density at radius 2 is 2.00 bits per heavy atom. The maximum Gasteiger partial charge on any atom is 0.337 e. The zero-order valence-electron chi connectivity index (χ0n) is 10.2. The van der Waals surface area contributed by atoms with Gasteiger partial charge in [0.25, 0.3) is 0 Å². The number of carboxylic acid groups (broad SMARTS) is 1. The van der Waals surface area contributed by atoms with Gasteiger partial charge in [-0.15, -0.1) is 0 Å². The van der Waals surface area contributed by atoms with Crippen molar-refractivity contribution in [1.82, 2.24) is 4.98 Å². The van der Waals surface area contributed by atoms with Gasteiger partial charge < -0.3 is 15.6 Å². The summed E-state index contributed by atoms with van der Waals surface area (Å²) < 4.78 is 5.52. The highest BCUT2D eigenvalue weighted by Gasteiger charge is 2.09. The summed E-state index contributed by atoms with van der Waals surface area (Å²) in [6.07, 6.45) is 4.18. The van der Waals surface area contributed by atoms with E-state index in [1.54, 1.807) is 18.5 Å². The van der Waals surface area contributed by atoms with E-state index < -0.39 is 5.97 Å². The Hall–Kier alpha value is -2.56. The Balaban J connectivity index is 1.97. The third-order valence-electron chi connectivity index (χ3n) is 2.66. The number of anilines is 1. The Labute approximate surface area is 110 Å². The van der Waals surface area contributed by atoms with Gasteiger partial charge in [-0.2, -0.15) is 0 Å². The monoisotopic (exact) mass is 258 g/mol. The number of nitrogens with two attached hydrogens (primary N) is 1. The molecule has 5 heteroatoms. The van der Waals surface area contributed by atoms with Gasteiger partial charge >= 0.3 is 5.97 Å². The predicted molar refractivity (Wildman–Crippen MR) is 71.2 cm³/mol. The molecule has 0 unspecified atom stereocenters. The number of hydrogen-bond donors (Lipinski definition) is 2. The van der Waals surface area contributed by atoms with Gasteiger partial charge in [0.05, 0.1) is 12.2 Å². The zero-order chi connectivity index (χ0) is 13.7. The summed E-state index contributed by atoms with van der Waals surface area (Å²) in [6.45, 7) is 0.465. The van der Waals surface area contributed by atoms with Gasteiger partial charge in [0, 0.05) is 24.5 Å². The second kappa shape index (κ2) is 5.86. The van der Waals surface area contributed by atoms with Crippen LogP contribution in [0, 0.1) is 0 Å². The Kier molecular flexibility index (Phi) is 3.97.